The maximum absolute atomic E-state index is 12.2. The third kappa shape index (κ3) is 3.98. The molecule has 2 aromatic heterocycles. The Hall–Kier alpha value is -2.00. The summed E-state index contributed by atoms with van der Waals surface area (Å²) in [5.74, 6) is 1.08. The molecule has 3 heterocycles. The topological polar surface area (TPSA) is 93.0 Å². The molecule has 0 amide bonds. The molecule has 0 radical (unpaired) electrons. The number of rotatable bonds is 5. The van der Waals surface area contributed by atoms with E-state index < -0.39 is 10.0 Å². The first-order valence-corrected chi connectivity index (χ1v) is 9.70. The van der Waals surface area contributed by atoms with Gasteiger partial charge in [0.2, 0.25) is 0 Å². The van der Waals surface area contributed by atoms with Crippen LogP contribution in [-0.4, -0.2) is 47.8 Å². The van der Waals surface area contributed by atoms with Gasteiger partial charge in [-0.15, -0.1) is 5.10 Å². The standard InChI is InChI=1S/C16H24N6O2S/c1-16(2,3)13-5-6-14(20-19-13)22-8-12(9-22)7-18-25(23,24)15-10-21(4)11-17-15/h5-6,10-12,18H,7-9H2,1-4H3. The molecule has 1 aliphatic rings. The van der Waals surface area contributed by atoms with E-state index in [1.807, 2.05) is 12.1 Å². The van der Waals surface area contributed by atoms with Gasteiger partial charge in [0.05, 0.1) is 12.0 Å². The summed E-state index contributed by atoms with van der Waals surface area (Å²) in [5.41, 5.74) is 0.934. The van der Waals surface area contributed by atoms with Gasteiger partial charge in [0.1, 0.15) is 0 Å². The van der Waals surface area contributed by atoms with Gasteiger partial charge in [-0.05, 0) is 12.1 Å². The van der Waals surface area contributed by atoms with Gasteiger partial charge < -0.3 is 9.47 Å². The summed E-state index contributed by atoms with van der Waals surface area (Å²) < 4.78 is 28.5. The van der Waals surface area contributed by atoms with Crippen LogP contribution in [0.1, 0.15) is 26.5 Å². The molecular weight excluding hydrogens is 340 g/mol. The number of nitrogens with one attached hydrogen (secondary N) is 1. The lowest BCUT2D eigenvalue weighted by molar-refractivity contribution is 0.401. The van der Waals surface area contributed by atoms with E-state index >= 15 is 0 Å². The molecule has 1 N–H and O–H groups in total. The maximum atomic E-state index is 12.2. The quantitative estimate of drug-likeness (QED) is 0.848. The Labute approximate surface area is 148 Å². The monoisotopic (exact) mass is 364 g/mol. The number of nitrogens with zero attached hydrogens (tertiary/aromatic N) is 5. The minimum Gasteiger partial charge on any atom is -0.354 e. The van der Waals surface area contributed by atoms with E-state index in [1.165, 1.54) is 12.5 Å². The fraction of sp³-hybridized carbons (Fsp3) is 0.562. The molecule has 0 saturated carbocycles. The predicted molar refractivity (Wildman–Crippen MR) is 94.8 cm³/mol. The van der Waals surface area contributed by atoms with E-state index in [4.69, 9.17) is 0 Å². The van der Waals surface area contributed by atoms with Gasteiger partial charge in [-0.25, -0.2) is 18.1 Å². The molecular formula is C16H24N6O2S. The fourth-order valence-electron chi connectivity index (χ4n) is 2.61. The van der Waals surface area contributed by atoms with E-state index in [9.17, 15) is 8.42 Å². The first-order valence-electron chi connectivity index (χ1n) is 8.22. The van der Waals surface area contributed by atoms with E-state index in [2.05, 4.69) is 45.6 Å². The lowest BCUT2D eigenvalue weighted by Gasteiger charge is -2.40. The second-order valence-electron chi connectivity index (χ2n) is 7.53. The predicted octanol–water partition coefficient (Wildman–Crippen LogP) is 0.922. The Bertz CT molecular complexity index is 832. The van der Waals surface area contributed by atoms with Crippen molar-refractivity contribution in [2.45, 2.75) is 31.2 Å². The highest BCUT2D eigenvalue weighted by atomic mass is 32.2. The third-order valence-electron chi connectivity index (χ3n) is 4.22. The second-order valence-corrected chi connectivity index (χ2v) is 9.24. The van der Waals surface area contributed by atoms with Crippen LogP contribution in [-0.2, 0) is 22.5 Å². The molecule has 0 bridgehead atoms. The molecule has 0 unspecified atom stereocenters. The summed E-state index contributed by atoms with van der Waals surface area (Å²) in [4.78, 5) is 5.98. The number of aryl methyl sites for hydroxylation is 1. The Balaban J connectivity index is 1.51. The molecule has 1 saturated heterocycles. The van der Waals surface area contributed by atoms with Gasteiger partial charge >= 0.3 is 0 Å². The molecule has 0 atom stereocenters. The molecule has 2 aromatic rings. The van der Waals surface area contributed by atoms with Crippen molar-refractivity contribution in [2.75, 3.05) is 24.5 Å². The number of aromatic nitrogens is 4. The zero-order chi connectivity index (χ0) is 18.2. The van der Waals surface area contributed by atoms with Crippen molar-refractivity contribution < 1.29 is 8.42 Å². The van der Waals surface area contributed by atoms with Crippen LogP contribution in [0.2, 0.25) is 0 Å². The van der Waals surface area contributed by atoms with Crippen molar-refractivity contribution in [1.29, 1.82) is 0 Å². The van der Waals surface area contributed by atoms with Gasteiger partial charge in [-0.1, -0.05) is 20.8 Å². The SMILES string of the molecule is Cn1cnc(S(=O)(=O)NCC2CN(c3ccc(C(C)(C)C)nn3)C2)c1. The van der Waals surface area contributed by atoms with E-state index in [0.29, 0.717) is 6.54 Å². The highest BCUT2D eigenvalue weighted by Crippen LogP contribution is 2.25. The average molecular weight is 364 g/mol. The van der Waals surface area contributed by atoms with Gasteiger partial charge in [-0.2, -0.15) is 5.10 Å². The maximum Gasteiger partial charge on any atom is 0.259 e. The van der Waals surface area contributed by atoms with Crippen LogP contribution in [0, 0.1) is 5.92 Å². The van der Waals surface area contributed by atoms with E-state index in [1.54, 1.807) is 11.6 Å². The van der Waals surface area contributed by atoms with Gasteiger partial charge in [-0.3, -0.25) is 0 Å². The molecule has 25 heavy (non-hydrogen) atoms. The fourth-order valence-corrected chi connectivity index (χ4v) is 3.70. The number of imidazole rings is 1. The van der Waals surface area contributed by atoms with Crippen molar-refractivity contribution in [3.05, 3.63) is 30.4 Å². The molecule has 1 fully saturated rings. The summed E-state index contributed by atoms with van der Waals surface area (Å²) in [6.45, 7) is 8.21. The van der Waals surface area contributed by atoms with Gasteiger partial charge in [0, 0.05) is 44.2 Å². The molecule has 0 spiro atoms. The molecule has 0 aromatic carbocycles. The summed E-state index contributed by atoms with van der Waals surface area (Å²) in [6, 6.07) is 3.97. The van der Waals surface area contributed by atoms with Crippen molar-refractivity contribution in [1.82, 2.24) is 24.5 Å². The lowest BCUT2D eigenvalue weighted by Crippen LogP contribution is -2.51. The largest absolute Gasteiger partial charge is 0.354 e. The van der Waals surface area contributed by atoms with Crippen LogP contribution in [0.15, 0.2) is 29.7 Å². The van der Waals surface area contributed by atoms with Gasteiger partial charge in [0.25, 0.3) is 10.0 Å². The first-order chi connectivity index (χ1) is 11.6. The van der Waals surface area contributed by atoms with Gasteiger partial charge in [0.15, 0.2) is 10.8 Å². The van der Waals surface area contributed by atoms with Crippen LogP contribution in [0.25, 0.3) is 0 Å². The summed E-state index contributed by atoms with van der Waals surface area (Å²) in [5, 5.41) is 8.63. The highest BCUT2D eigenvalue weighted by Gasteiger charge is 2.30. The van der Waals surface area contributed by atoms with Crippen LogP contribution in [0.3, 0.4) is 0 Å². The van der Waals surface area contributed by atoms with Crippen molar-refractivity contribution >= 4 is 15.8 Å². The Morgan fingerprint density at radius 2 is 1.96 bits per heavy atom. The molecule has 1 aliphatic heterocycles. The smallest absolute Gasteiger partial charge is 0.259 e. The lowest BCUT2D eigenvalue weighted by atomic mass is 9.92. The van der Waals surface area contributed by atoms with Crippen LogP contribution < -0.4 is 9.62 Å². The van der Waals surface area contributed by atoms with Crippen LogP contribution >= 0.6 is 0 Å². The molecule has 8 nitrogen and oxygen atoms in total. The number of hydrogen-bond acceptors (Lipinski definition) is 6. The molecule has 0 aliphatic carbocycles. The first kappa shape index (κ1) is 17.8. The third-order valence-corrected chi connectivity index (χ3v) is 5.53. The molecule has 3 rings (SSSR count). The van der Waals surface area contributed by atoms with Crippen molar-refractivity contribution in [3.63, 3.8) is 0 Å². The zero-order valence-electron chi connectivity index (χ0n) is 15.0. The highest BCUT2D eigenvalue weighted by molar-refractivity contribution is 7.89. The normalized spacial score (nSPS) is 16.1. The average Bonchev–Trinajstić information content (AvgIpc) is 2.92. The Morgan fingerprint density at radius 3 is 2.48 bits per heavy atom. The number of hydrogen-bond donors (Lipinski definition) is 1. The minimum absolute atomic E-state index is 0.0211. The minimum atomic E-state index is -3.54. The Kier molecular flexibility index (Phi) is 4.54. The molecule has 9 heteroatoms. The number of sulfonamides is 1. The van der Waals surface area contributed by atoms with Crippen molar-refractivity contribution in [2.24, 2.45) is 13.0 Å². The van der Waals surface area contributed by atoms with E-state index in [0.717, 1.165) is 24.6 Å². The number of anilines is 1. The van der Waals surface area contributed by atoms with E-state index in [-0.39, 0.29) is 16.4 Å². The second kappa shape index (κ2) is 6.38. The Morgan fingerprint density at radius 1 is 1.24 bits per heavy atom. The van der Waals surface area contributed by atoms with Crippen LogP contribution in [0.4, 0.5) is 5.82 Å². The summed E-state index contributed by atoms with van der Waals surface area (Å²) in [7, 11) is -1.81. The summed E-state index contributed by atoms with van der Waals surface area (Å²) >= 11 is 0. The summed E-state index contributed by atoms with van der Waals surface area (Å²) in [6.07, 6.45) is 2.96. The zero-order valence-corrected chi connectivity index (χ0v) is 15.8. The van der Waals surface area contributed by atoms with Crippen molar-refractivity contribution in [3.8, 4) is 0 Å². The van der Waals surface area contributed by atoms with Crippen LogP contribution in [0.5, 0.6) is 0 Å². The molecule has 136 valence electrons.